The Morgan fingerprint density at radius 3 is 1.49 bits per heavy atom. The lowest BCUT2D eigenvalue weighted by atomic mass is 10.1. The van der Waals surface area contributed by atoms with Crippen molar-refractivity contribution in [2.45, 2.75) is 89.9 Å². The highest BCUT2D eigenvalue weighted by Gasteiger charge is 2.28. The second-order valence-electron chi connectivity index (χ2n) is 10.2. The third-order valence-corrected chi connectivity index (χ3v) is 6.26. The fourth-order valence-corrected chi connectivity index (χ4v) is 3.48. The van der Waals surface area contributed by atoms with Crippen molar-refractivity contribution < 1.29 is 38.4 Å². The molecule has 0 bridgehead atoms. The molecule has 0 aromatic carbocycles. The Kier molecular flexibility index (Phi) is 18.9. The van der Waals surface area contributed by atoms with Crippen LogP contribution in [0.5, 0.6) is 0 Å². The Balaban J connectivity index is 4.96. The topological polar surface area (TPSA) is 295 Å². The molecular formula is C26H47N11O8. The summed E-state index contributed by atoms with van der Waals surface area (Å²) in [5, 5.41) is 29.6. The summed E-state index contributed by atoms with van der Waals surface area (Å²) in [6.45, 7) is 7.27. The summed E-state index contributed by atoms with van der Waals surface area (Å²) in [6.07, 6.45) is 0.538. The molecule has 0 aliphatic rings. The van der Waals surface area contributed by atoms with Crippen molar-refractivity contribution in [1.82, 2.24) is 47.9 Å². The lowest BCUT2D eigenvalue weighted by molar-refractivity contribution is -0.134. The molecule has 0 rings (SSSR count). The minimum absolute atomic E-state index is 0.0415. The van der Waals surface area contributed by atoms with Gasteiger partial charge in [0, 0.05) is 13.6 Å². The Morgan fingerprint density at radius 2 is 1.11 bits per heavy atom. The molecule has 0 radical (unpaired) electrons. The van der Waals surface area contributed by atoms with Crippen LogP contribution in [0.4, 0.5) is 0 Å². The normalized spacial score (nSPS) is 15.2. The standard InChI is InChI=1S/C26H47N11O8/c1-13(30-10-11-38)20(40)32-14(2)21(41)33-15(3)22(42)34-16(4)23(43)35-17(5)24(44)37-19(25(45)29-6)36-18(12-39)8-7-9-31-26(27)28/h11-19,30,36H,7-10H2,1-6H3,(H,29,45)(H,32,40)(H,33,41)(H,34,42)(H,35,43)(H,37,44)(H4,27,28,31)/t13?,14-,15-,16-,17-,18+,19+/m0/s1. The quantitative estimate of drug-likeness (QED) is 0.0184. The van der Waals surface area contributed by atoms with Crippen LogP contribution in [0, 0.1) is 5.41 Å². The number of nitrogens with one attached hydrogen (secondary N) is 10. The zero-order chi connectivity index (χ0) is 34.7. The van der Waals surface area contributed by atoms with Gasteiger partial charge in [0.2, 0.25) is 29.5 Å². The molecule has 254 valence electrons. The van der Waals surface area contributed by atoms with Gasteiger partial charge >= 0.3 is 0 Å². The van der Waals surface area contributed by atoms with E-state index in [1.165, 1.54) is 41.7 Å². The maximum absolute atomic E-state index is 12.8. The molecule has 0 aliphatic carbocycles. The Morgan fingerprint density at radius 1 is 0.689 bits per heavy atom. The van der Waals surface area contributed by atoms with Crippen LogP contribution in [-0.4, -0.2) is 117 Å². The van der Waals surface area contributed by atoms with E-state index in [0.29, 0.717) is 25.5 Å². The maximum atomic E-state index is 12.8. The summed E-state index contributed by atoms with van der Waals surface area (Å²) in [7, 11) is 1.33. The Labute approximate surface area is 261 Å². The molecule has 7 atom stereocenters. The number of hydrogen-bond acceptors (Lipinski definition) is 11. The summed E-state index contributed by atoms with van der Waals surface area (Å²) in [6, 6.07) is -5.96. The third kappa shape index (κ3) is 16.1. The van der Waals surface area contributed by atoms with Crippen LogP contribution in [-0.2, 0) is 38.4 Å². The van der Waals surface area contributed by atoms with E-state index in [9.17, 15) is 38.4 Å². The second-order valence-corrected chi connectivity index (χ2v) is 10.2. The molecule has 0 spiro atoms. The van der Waals surface area contributed by atoms with Gasteiger partial charge in [0.15, 0.2) is 12.1 Å². The summed E-state index contributed by atoms with van der Waals surface area (Å²) < 4.78 is 0. The Hall–Kier alpha value is -4.65. The van der Waals surface area contributed by atoms with Gasteiger partial charge in [-0.15, -0.1) is 0 Å². The van der Waals surface area contributed by atoms with E-state index >= 15 is 0 Å². The van der Waals surface area contributed by atoms with E-state index in [4.69, 9.17) is 11.1 Å². The molecule has 19 heteroatoms. The summed E-state index contributed by atoms with van der Waals surface area (Å²) in [5.74, 6) is -4.29. The van der Waals surface area contributed by atoms with Crippen LogP contribution < -0.4 is 53.6 Å². The van der Waals surface area contributed by atoms with E-state index in [1.807, 2.05) is 0 Å². The molecule has 0 saturated heterocycles. The number of guanidine groups is 1. The molecule has 19 nitrogen and oxygen atoms in total. The molecule has 0 aliphatic heterocycles. The molecule has 1 unspecified atom stereocenters. The van der Waals surface area contributed by atoms with E-state index in [0.717, 1.165) is 0 Å². The van der Waals surface area contributed by atoms with Crippen LogP contribution in [0.1, 0.15) is 47.5 Å². The third-order valence-electron chi connectivity index (χ3n) is 6.26. The summed E-state index contributed by atoms with van der Waals surface area (Å²) in [5.41, 5.74) is 5.21. The first-order chi connectivity index (χ1) is 21.1. The van der Waals surface area contributed by atoms with Crippen molar-refractivity contribution in [2.75, 3.05) is 20.1 Å². The van der Waals surface area contributed by atoms with Crippen molar-refractivity contribution >= 4 is 54.0 Å². The van der Waals surface area contributed by atoms with Gasteiger partial charge in [0.1, 0.15) is 36.7 Å². The highest BCUT2D eigenvalue weighted by molar-refractivity contribution is 5.96. The first kappa shape index (κ1) is 40.4. The largest absolute Gasteiger partial charge is 0.370 e. The van der Waals surface area contributed by atoms with Crippen molar-refractivity contribution in [2.24, 2.45) is 5.73 Å². The molecule has 0 aromatic heterocycles. The number of carbonyl (C=O) groups excluding carboxylic acids is 8. The van der Waals surface area contributed by atoms with Crippen molar-refractivity contribution in [3.63, 3.8) is 0 Å². The zero-order valence-electron chi connectivity index (χ0n) is 26.4. The van der Waals surface area contributed by atoms with Crippen LogP contribution in [0.15, 0.2) is 0 Å². The van der Waals surface area contributed by atoms with Crippen LogP contribution >= 0.6 is 0 Å². The van der Waals surface area contributed by atoms with Crippen LogP contribution in [0.2, 0.25) is 0 Å². The summed E-state index contributed by atoms with van der Waals surface area (Å²) in [4.78, 5) is 96.8. The Bertz CT molecular complexity index is 1070. The van der Waals surface area contributed by atoms with Gasteiger partial charge in [-0.3, -0.25) is 44.8 Å². The van der Waals surface area contributed by atoms with Crippen LogP contribution in [0.25, 0.3) is 0 Å². The number of aldehydes is 2. The number of hydrogen-bond donors (Lipinski definition) is 11. The predicted molar refractivity (Wildman–Crippen MR) is 162 cm³/mol. The molecule has 0 saturated carbocycles. The fraction of sp³-hybridized carbons (Fsp3) is 0.654. The molecule has 45 heavy (non-hydrogen) atoms. The molecule has 0 aromatic rings. The van der Waals surface area contributed by atoms with Crippen molar-refractivity contribution in [3.8, 4) is 0 Å². The van der Waals surface area contributed by atoms with Gasteiger partial charge in [-0.05, 0) is 47.5 Å². The molecule has 0 fully saturated rings. The van der Waals surface area contributed by atoms with E-state index in [1.54, 1.807) is 0 Å². The van der Waals surface area contributed by atoms with Gasteiger partial charge < -0.3 is 52.5 Å². The van der Waals surface area contributed by atoms with Gasteiger partial charge in [-0.1, -0.05) is 0 Å². The van der Waals surface area contributed by atoms with Gasteiger partial charge in [-0.2, -0.15) is 0 Å². The summed E-state index contributed by atoms with van der Waals surface area (Å²) >= 11 is 0. The highest BCUT2D eigenvalue weighted by Crippen LogP contribution is 1.98. The van der Waals surface area contributed by atoms with Gasteiger partial charge in [0.25, 0.3) is 5.91 Å². The highest BCUT2D eigenvalue weighted by atomic mass is 16.2. The molecule has 12 N–H and O–H groups in total. The minimum Gasteiger partial charge on any atom is -0.370 e. The lowest BCUT2D eigenvalue weighted by Crippen LogP contribution is -2.61. The number of likely N-dealkylation sites (N-methyl/N-ethyl adjacent to an activating group) is 1. The maximum Gasteiger partial charge on any atom is 0.257 e. The van der Waals surface area contributed by atoms with Crippen LogP contribution in [0.3, 0.4) is 0 Å². The minimum atomic E-state index is -1.32. The van der Waals surface area contributed by atoms with Crippen molar-refractivity contribution in [3.05, 3.63) is 0 Å². The molecular weight excluding hydrogens is 594 g/mol. The first-order valence-corrected chi connectivity index (χ1v) is 14.3. The predicted octanol–water partition coefficient (Wildman–Crippen LogP) is -5.21. The average molecular weight is 642 g/mol. The van der Waals surface area contributed by atoms with Gasteiger partial charge in [-0.25, -0.2) is 0 Å². The SMILES string of the molecule is CNC(=O)[C@@H](NC(=O)[C@H](C)NC(=O)[C@H](C)NC(=O)[C@H](C)NC(=O)[C@H](C)NC(=O)C(C)NCC=O)N[C@@H](C=O)CCCNC(=N)N. The molecule has 0 heterocycles. The zero-order valence-corrected chi connectivity index (χ0v) is 26.4. The van der Waals surface area contributed by atoms with Crippen molar-refractivity contribution in [1.29, 1.82) is 5.41 Å². The monoisotopic (exact) mass is 641 g/mol. The fourth-order valence-electron chi connectivity index (χ4n) is 3.48. The average Bonchev–Trinajstić information content (AvgIpc) is 2.99. The smallest absolute Gasteiger partial charge is 0.257 e. The molecule has 6 amide bonds. The van der Waals surface area contributed by atoms with E-state index in [-0.39, 0.29) is 18.9 Å². The van der Waals surface area contributed by atoms with E-state index in [2.05, 4.69) is 47.9 Å². The number of amides is 6. The first-order valence-electron chi connectivity index (χ1n) is 14.3. The second kappa shape index (κ2) is 21.1. The lowest BCUT2D eigenvalue weighted by Gasteiger charge is -2.25. The number of carbonyl (C=O) groups is 8. The number of nitrogens with two attached hydrogens (primary N) is 1. The number of rotatable bonds is 21. The van der Waals surface area contributed by atoms with E-state index < -0.39 is 77.9 Å². The van der Waals surface area contributed by atoms with Gasteiger partial charge in [0.05, 0.1) is 18.6 Å².